The maximum absolute atomic E-state index is 13.9. The van der Waals surface area contributed by atoms with Crippen molar-refractivity contribution in [3.8, 4) is 11.5 Å². The molecule has 2 aromatic carbocycles. The molecule has 5 nitrogen and oxygen atoms in total. The molecule has 0 bridgehead atoms. The minimum atomic E-state index is -0.0905. The molecule has 0 aromatic heterocycles. The molecular weight excluding hydrogens is 412 g/mol. The number of hydrogen-bond acceptors (Lipinski definition) is 4. The second-order valence-electron chi connectivity index (χ2n) is 10.1. The summed E-state index contributed by atoms with van der Waals surface area (Å²) in [6, 6.07) is 16.6. The highest BCUT2D eigenvalue weighted by molar-refractivity contribution is 5.35. The Morgan fingerprint density at radius 1 is 1.03 bits per heavy atom. The number of likely N-dealkylation sites (N-methyl/N-ethyl adjacent to an activating group) is 1. The summed E-state index contributed by atoms with van der Waals surface area (Å²) >= 11 is 0. The predicted molar refractivity (Wildman–Crippen MR) is 136 cm³/mol. The van der Waals surface area contributed by atoms with Gasteiger partial charge in [-0.25, -0.2) is 0 Å². The van der Waals surface area contributed by atoms with Gasteiger partial charge < -0.3 is 24.2 Å². The van der Waals surface area contributed by atoms with Crippen LogP contribution in [0.4, 0.5) is 0 Å². The molecule has 0 aliphatic carbocycles. The third-order valence-electron chi connectivity index (χ3n) is 7.53. The van der Waals surface area contributed by atoms with Gasteiger partial charge in [-0.3, -0.25) is 0 Å². The Hall–Kier alpha value is -2.08. The van der Waals surface area contributed by atoms with Gasteiger partial charge in [0.05, 0.1) is 33.9 Å². The third kappa shape index (κ3) is 6.50. The van der Waals surface area contributed by atoms with E-state index in [1.165, 1.54) is 11.1 Å². The fourth-order valence-corrected chi connectivity index (χ4v) is 5.41. The minimum Gasteiger partial charge on any atom is -0.633 e. The van der Waals surface area contributed by atoms with Crippen molar-refractivity contribution >= 4 is 0 Å². The molecule has 1 fully saturated rings. The van der Waals surface area contributed by atoms with Crippen molar-refractivity contribution in [2.75, 3.05) is 54.0 Å². The van der Waals surface area contributed by atoms with Crippen molar-refractivity contribution in [3.63, 3.8) is 0 Å². The number of likely N-dealkylation sites (tertiary alicyclic amines) is 1. The van der Waals surface area contributed by atoms with Crippen LogP contribution in [0.2, 0.25) is 0 Å². The van der Waals surface area contributed by atoms with E-state index < -0.39 is 0 Å². The van der Waals surface area contributed by atoms with Crippen molar-refractivity contribution in [2.45, 2.75) is 44.9 Å². The Morgan fingerprint density at radius 3 is 2.42 bits per heavy atom. The summed E-state index contributed by atoms with van der Waals surface area (Å²) in [4.78, 5) is 2.34. The molecule has 2 atom stereocenters. The molecule has 0 amide bonds. The first-order chi connectivity index (χ1) is 15.8. The van der Waals surface area contributed by atoms with Gasteiger partial charge in [0.25, 0.3) is 0 Å². The second-order valence-corrected chi connectivity index (χ2v) is 10.1. The lowest BCUT2D eigenvalue weighted by Gasteiger charge is -2.55. The topological polar surface area (TPSA) is 44.8 Å². The normalized spacial score (nSPS) is 23.2. The Morgan fingerprint density at radius 2 is 1.73 bits per heavy atom. The molecule has 1 aliphatic rings. The summed E-state index contributed by atoms with van der Waals surface area (Å²) in [6.07, 6.45) is 3.95. The van der Waals surface area contributed by atoms with E-state index in [0.29, 0.717) is 19.0 Å². The first-order valence-electron chi connectivity index (χ1n) is 12.3. The minimum absolute atomic E-state index is 0.0842. The van der Waals surface area contributed by atoms with E-state index in [4.69, 9.17) is 9.47 Å². The van der Waals surface area contributed by atoms with Crippen molar-refractivity contribution in [1.82, 2.24) is 4.90 Å². The monoisotopic (exact) mass is 454 g/mol. The number of rotatable bonds is 11. The second kappa shape index (κ2) is 11.4. The first kappa shape index (κ1) is 25.5. The summed E-state index contributed by atoms with van der Waals surface area (Å²) in [5.74, 6) is 2.18. The average Bonchev–Trinajstić information content (AvgIpc) is 2.82. The molecular formula is C28H42N2O3. The zero-order valence-corrected chi connectivity index (χ0v) is 21.2. The van der Waals surface area contributed by atoms with Crippen molar-refractivity contribution in [3.05, 3.63) is 64.9 Å². The van der Waals surface area contributed by atoms with Gasteiger partial charge in [-0.15, -0.1) is 0 Å². The largest absolute Gasteiger partial charge is 0.633 e. The maximum Gasteiger partial charge on any atom is 0.119 e. The number of nitrogens with zero attached hydrogens (tertiary/aromatic N) is 2. The molecule has 3 rings (SSSR count). The van der Waals surface area contributed by atoms with Crippen LogP contribution < -0.4 is 9.47 Å². The SMILES string of the molecule is COc1cccc(CCN(C)CCC[N+]2([O-])CCCC(c3cccc(OC)c3)(C(C)C)C2)c1. The van der Waals surface area contributed by atoms with E-state index in [0.717, 1.165) is 56.8 Å². The lowest BCUT2D eigenvalue weighted by atomic mass is 9.66. The van der Waals surface area contributed by atoms with Crippen LogP contribution in [0.3, 0.4) is 0 Å². The molecule has 1 heterocycles. The van der Waals surface area contributed by atoms with Gasteiger partial charge in [-0.05, 0) is 67.6 Å². The molecule has 0 saturated carbocycles. The molecule has 2 unspecified atom stereocenters. The summed E-state index contributed by atoms with van der Waals surface area (Å²) in [5, 5.41) is 13.9. The molecule has 0 N–H and O–H groups in total. The molecule has 5 heteroatoms. The number of ether oxygens (including phenoxy) is 2. The zero-order valence-electron chi connectivity index (χ0n) is 21.2. The van der Waals surface area contributed by atoms with Crippen molar-refractivity contribution < 1.29 is 14.1 Å². The van der Waals surface area contributed by atoms with Gasteiger partial charge in [0.15, 0.2) is 0 Å². The fraction of sp³-hybridized carbons (Fsp3) is 0.571. The summed E-state index contributed by atoms with van der Waals surface area (Å²) in [5.41, 5.74) is 2.45. The Bertz CT molecular complexity index is 887. The van der Waals surface area contributed by atoms with Crippen LogP contribution in [0, 0.1) is 11.1 Å². The van der Waals surface area contributed by atoms with Crippen LogP contribution in [-0.2, 0) is 11.8 Å². The molecule has 182 valence electrons. The molecule has 0 radical (unpaired) electrons. The van der Waals surface area contributed by atoms with Crippen LogP contribution in [0.25, 0.3) is 0 Å². The first-order valence-corrected chi connectivity index (χ1v) is 12.3. The van der Waals surface area contributed by atoms with Gasteiger partial charge in [0.1, 0.15) is 11.5 Å². The van der Waals surface area contributed by atoms with E-state index >= 15 is 0 Å². The van der Waals surface area contributed by atoms with Crippen LogP contribution in [0.1, 0.15) is 44.2 Å². The van der Waals surface area contributed by atoms with Gasteiger partial charge in [0.2, 0.25) is 0 Å². The van der Waals surface area contributed by atoms with E-state index in [1.54, 1.807) is 14.2 Å². The molecule has 33 heavy (non-hydrogen) atoms. The van der Waals surface area contributed by atoms with Crippen LogP contribution in [0.5, 0.6) is 11.5 Å². The Labute approximate surface area is 200 Å². The highest BCUT2D eigenvalue weighted by atomic mass is 16.5. The van der Waals surface area contributed by atoms with E-state index in [9.17, 15) is 5.21 Å². The zero-order chi connectivity index (χ0) is 23.9. The fourth-order valence-electron chi connectivity index (χ4n) is 5.41. The molecule has 1 saturated heterocycles. The van der Waals surface area contributed by atoms with Crippen LogP contribution in [-0.4, -0.2) is 63.5 Å². The lowest BCUT2D eigenvalue weighted by molar-refractivity contribution is -0.891. The number of benzene rings is 2. The average molecular weight is 455 g/mol. The van der Waals surface area contributed by atoms with Gasteiger partial charge >= 0.3 is 0 Å². The Balaban J connectivity index is 1.57. The Kier molecular flexibility index (Phi) is 8.80. The van der Waals surface area contributed by atoms with Gasteiger partial charge in [-0.1, -0.05) is 38.1 Å². The highest BCUT2D eigenvalue weighted by Gasteiger charge is 2.44. The van der Waals surface area contributed by atoms with E-state index in [-0.39, 0.29) is 10.1 Å². The van der Waals surface area contributed by atoms with Crippen molar-refractivity contribution in [1.29, 1.82) is 0 Å². The lowest BCUT2D eigenvalue weighted by Crippen LogP contribution is -2.58. The van der Waals surface area contributed by atoms with Crippen LogP contribution in [0.15, 0.2) is 48.5 Å². The molecule has 1 aliphatic heterocycles. The van der Waals surface area contributed by atoms with E-state index in [2.05, 4.69) is 56.1 Å². The van der Waals surface area contributed by atoms with Crippen molar-refractivity contribution in [2.24, 2.45) is 5.92 Å². The highest BCUT2D eigenvalue weighted by Crippen LogP contribution is 2.43. The summed E-state index contributed by atoms with van der Waals surface area (Å²) in [7, 11) is 5.57. The smallest absolute Gasteiger partial charge is 0.119 e. The molecule has 2 aromatic rings. The number of hydrogen-bond donors (Lipinski definition) is 0. The summed E-state index contributed by atoms with van der Waals surface area (Å²) in [6.45, 7) is 8.52. The third-order valence-corrected chi connectivity index (χ3v) is 7.53. The number of quaternary nitrogens is 1. The van der Waals surface area contributed by atoms with Crippen LogP contribution >= 0.6 is 0 Å². The number of piperidine rings is 1. The number of hydroxylamine groups is 3. The number of methoxy groups -OCH3 is 2. The maximum atomic E-state index is 13.9. The van der Waals surface area contributed by atoms with Gasteiger partial charge in [-0.2, -0.15) is 0 Å². The van der Waals surface area contributed by atoms with Gasteiger partial charge in [0, 0.05) is 24.9 Å². The predicted octanol–water partition coefficient (Wildman–Crippen LogP) is 5.27. The molecule has 0 spiro atoms. The van der Waals surface area contributed by atoms with E-state index in [1.807, 2.05) is 18.2 Å². The summed E-state index contributed by atoms with van der Waals surface area (Å²) < 4.78 is 10.7. The quantitative estimate of drug-likeness (QED) is 0.343. The standard InChI is InChI=1S/C28H42N2O3/c1-23(2)28(25-11-7-13-27(21-25)33-5)15-8-18-30(31,22-28)19-9-16-29(3)17-14-24-10-6-12-26(20-24)32-4/h6-7,10-13,20-21,23H,8-9,14-19,22H2,1-5H3.